The summed E-state index contributed by atoms with van der Waals surface area (Å²) in [5.41, 5.74) is 3.35. The normalized spacial score (nSPS) is 11.9. The molecule has 5 heteroatoms. The molecule has 4 rings (SSSR count). The first-order chi connectivity index (χ1) is 12.9. The number of aromatic nitrogens is 2. The Bertz CT molecular complexity index is 1100. The standard InChI is InChI=1S/C22H17F3N2/c1-15-7-5-6-10-18(15)21-26-19-13-17(22(23,24)25)11-12-20(19)27(21)14-16-8-3-2-4-9-16/h2-13H,14H2,1H3. The van der Waals surface area contributed by atoms with E-state index in [4.69, 9.17) is 0 Å². The van der Waals surface area contributed by atoms with Crippen LogP contribution in [0.4, 0.5) is 13.2 Å². The molecule has 0 unspecified atom stereocenters. The van der Waals surface area contributed by atoms with E-state index < -0.39 is 11.7 Å². The average Bonchev–Trinajstić information content (AvgIpc) is 3.00. The molecule has 0 aliphatic heterocycles. The maximum atomic E-state index is 13.1. The van der Waals surface area contributed by atoms with Crippen molar-refractivity contribution >= 4 is 11.0 Å². The number of hydrogen-bond acceptors (Lipinski definition) is 1. The van der Waals surface area contributed by atoms with Crippen molar-refractivity contribution in [3.05, 3.63) is 89.5 Å². The molecule has 27 heavy (non-hydrogen) atoms. The van der Waals surface area contributed by atoms with Crippen molar-refractivity contribution in [1.82, 2.24) is 9.55 Å². The lowest BCUT2D eigenvalue weighted by Gasteiger charge is -2.11. The number of hydrogen-bond donors (Lipinski definition) is 0. The van der Waals surface area contributed by atoms with Gasteiger partial charge in [-0.3, -0.25) is 0 Å². The highest BCUT2D eigenvalue weighted by atomic mass is 19.4. The predicted octanol–water partition coefficient (Wildman–Crippen LogP) is 6.08. The first-order valence-electron chi connectivity index (χ1n) is 8.61. The molecule has 2 nitrogen and oxygen atoms in total. The molecule has 0 fully saturated rings. The first-order valence-corrected chi connectivity index (χ1v) is 8.61. The molecule has 0 atom stereocenters. The Kier molecular flexibility index (Phi) is 4.22. The van der Waals surface area contributed by atoms with E-state index in [1.165, 1.54) is 6.07 Å². The summed E-state index contributed by atoms with van der Waals surface area (Å²) >= 11 is 0. The maximum Gasteiger partial charge on any atom is 0.416 e. The van der Waals surface area contributed by atoms with Gasteiger partial charge in [-0.15, -0.1) is 0 Å². The number of imidazole rings is 1. The zero-order valence-electron chi connectivity index (χ0n) is 14.7. The van der Waals surface area contributed by atoms with Gasteiger partial charge in [-0.25, -0.2) is 4.98 Å². The van der Waals surface area contributed by atoms with Crippen LogP contribution in [-0.2, 0) is 12.7 Å². The van der Waals surface area contributed by atoms with Crippen molar-refractivity contribution in [2.45, 2.75) is 19.6 Å². The van der Waals surface area contributed by atoms with E-state index in [1.807, 2.05) is 66.1 Å². The summed E-state index contributed by atoms with van der Waals surface area (Å²) in [5, 5.41) is 0. The summed E-state index contributed by atoms with van der Waals surface area (Å²) in [6, 6.07) is 21.4. The van der Waals surface area contributed by atoms with Crippen LogP contribution in [0, 0.1) is 6.92 Å². The fourth-order valence-corrected chi connectivity index (χ4v) is 3.26. The predicted molar refractivity (Wildman–Crippen MR) is 100 cm³/mol. The summed E-state index contributed by atoms with van der Waals surface area (Å²) in [6.07, 6.45) is -4.39. The van der Waals surface area contributed by atoms with Crippen LogP contribution in [0.3, 0.4) is 0 Å². The number of benzene rings is 3. The molecule has 3 aromatic carbocycles. The molecule has 0 bridgehead atoms. The van der Waals surface area contributed by atoms with Crippen LogP contribution in [0.1, 0.15) is 16.7 Å². The van der Waals surface area contributed by atoms with Crippen molar-refractivity contribution in [2.75, 3.05) is 0 Å². The van der Waals surface area contributed by atoms with E-state index in [0.29, 0.717) is 23.4 Å². The summed E-state index contributed by atoms with van der Waals surface area (Å²) < 4.78 is 41.3. The van der Waals surface area contributed by atoms with Gasteiger partial charge < -0.3 is 4.57 Å². The first kappa shape index (κ1) is 17.3. The Morgan fingerprint density at radius 2 is 1.59 bits per heavy atom. The van der Waals surface area contributed by atoms with Crippen LogP contribution in [0.5, 0.6) is 0 Å². The molecule has 0 aliphatic carbocycles. The number of alkyl halides is 3. The Hall–Kier alpha value is -3.08. The van der Waals surface area contributed by atoms with Gasteiger partial charge in [-0.1, -0.05) is 54.6 Å². The fourth-order valence-electron chi connectivity index (χ4n) is 3.26. The number of halogens is 3. The molecule has 0 N–H and O–H groups in total. The number of nitrogens with zero attached hydrogens (tertiary/aromatic N) is 2. The SMILES string of the molecule is Cc1ccccc1-c1nc2cc(C(F)(F)F)ccc2n1Cc1ccccc1. The van der Waals surface area contributed by atoms with Crippen LogP contribution in [0.15, 0.2) is 72.8 Å². The second-order valence-electron chi connectivity index (χ2n) is 6.52. The summed E-state index contributed by atoms with van der Waals surface area (Å²) in [7, 11) is 0. The Balaban J connectivity index is 1.94. The van der Waals surface area contributed by atoms with E-state index in [2.05, 4.69) is 4.98 Å². The van der Waals surface area contributed by atoms with E-state index >= 15 is 0 Å². The number of fused-ring (bicyclic) bond motifs is 1. The van der Waals surface area contributed by atoms with E-state index in [1.54, 1.807) is 0 Å². The Labute approximate surface area is 154 Å². The molecule has 0 spiro atoms. The average molecular weight is 366 g/mol. The van der Waals surface area contributed by atoms with Gasteiger partial charge in [0.2, 0.25) is 0 Å². The van der Waals surface area contributed by atoms with Gasteiger partial charge >= 0.3 is 6.18 Å². The quantitative estimate of drug-likeness (QED) is 0.430. The Morgan fingerprint density at radius 1 is 0.889 bits per heavy atom. The van der Waals surface area contributed by atoms with Crippen molar-refractivity contribution in [2.24, 2.45) is 0 Å². The summed E-state index contributed by atoms with van der Waals surface area (Å²) in [5.74, 6) is 0.672. The number of rotatable bonds is 3. The van der Waals surface area contributed by atoms with Crippen LogP contribution in [0.25, 0.3) is 22.4 Å². The van der Waals surface area contributed by atoms with Gasteiger partial charge in [0.05, 0.1) is 16.6 Å². The van der Waals surface area contributed by atoms with Crippen LogP contribution >= 0.6 is 0 Å². The summed E-state index contributed by atoms with van der Waals surface area (Å²) in [6.45, 7) is 2.51. The van der Waals surface area contributed by atoms with Gasteiger partial charge in [-0.05, 0) is 36.2 Å². The molecular formula is C22H17F3N2. The van der Waals surface area contributed by atoms with Gasteiger partial charge in [0.25, 0.3) is 0 Å². The molecule has 0 saturated carbocycles. The molecule has 1 aromatic heterocycles. The van der Waals surface area contributed by atoms with Gasteiger partial charge in [0, 0.05) is 12.1 Å². The maximum absolute atomic E-state index is 13.1. The molecule has 1 heterocycles. The second kappa shape index (κ2) is 6.58. The fraction of sp³-hybridized carbons (Fsp3) is 0.136. The molecule has 0 saturated heterocycles. The third kappa shape index (κ3) is 3.33. The molecule has 4 aromatic rings. The minimum Gasteiger partial charge on any atom is -0.319 e. The topological polar surface area (TPSA) is 17.8 Å². The summed E-state index contributed by atoms with van der Waals surface area (Å²) in [4.78, 5) is 4.58. The van der Waals surface area contributed by atoms with Gasteiger partial charge in [0.15, 0.2) is 0 Å². The minimum atomic E-state index is -4.39. The Morgan fingerprint density at radius 3 is 2.30 bits per heavy atom. The van der Waals surface area contributed by atoms with Crippen LogP contribution < -0.4 is 0 Å². The number of aryl methyl sites for hydroxylation is 1. The van der Waals surface area contributed by atoms with Crippen LogP contribution in [0.2, 0.25) is 0 Å². The molecule has 136 valence electrons. The molecule has 0 amide bonds. The van der Waals surface area contributed by atoms with Crippen molar-refractivity contribution in [1.29, 1.82) is 0 Å². The lowest BCUT2D eigenvalue weighted by molar-refractivity contribution is -0.137. The zero-order chi connectivity index (χ0) is 19.0. The van der Waals surface area contributed by atoms with Gasteiger partial charge in [0.1, 0.15) is 5.82 Å². The largest absolute Gasteiger partial charge is 0.416 e. The molecule has 0 radical (unpaired) electrons. The highest BCUT2D eigenvalue weighted by Crippen LogP contribution is 2.34. The lowest BCUT2D eigenvalue weighted by atomic mass is 10.1. The van der Waals surface area contributed by atoms with Crippen molar-refractivity contribution in [3.8, 4) is 11.4 Å². The van der Waals surface area contributed by atoms with E-state index in [-0.39, 0.29) is 0 Å². The molecular weight excluding hydrogens is 349 g/mol. The highest BCUT2D eigenvalue weighted by Gasteiger charge is 2.31. The third-order valence-corrected chi connectivity index (χ3v) is 4.65. The molecule has 0 aliphatic rings. The lowest BCUT2D eigenvalue weighted by Crippen LogP contribution is -2.05. The second-order valence-corrected chi connectivity index (χ2v) is 6.52. The van der Waals surface area contributed by atoms with E-state index in [0.717, 1.165) is 28.8 Å². The third-order valence-electron chi connectivity index (χ3n) is 4.65. The van der Waals surface area contributed by atoms with Crippen LogP contribution in [-0.4, -0.2) is 9.55 Å². The van der Waals surface area contributed by atoms with Crippen molar-refractivity contribution in [3.63, 3.8) is 0 Å². The highest BCUT2D eigenvalue weighted by molar-refractivity contribution is 5.82. The van der Waals surface area contributed by atoms with E-state index in [9.17, 15) is 13.2 Å². The van der Waals surface area contributed by atoms with Gasteiger partial charge in [-0.2, -0.15) is 13.2 Å². The monoisotopic (exact) mass is 366 g/mol. The zero-order valence-corrected chi connectivity index (χ0v) is 14.7. The van der Waals surface area contributed by atoms with Crippen molar-refractivity contribution < 1.29 is 13.2 Å². The minimum absolute atomic E-state index is 0.346. The smallest absolute Gasteiger partial charge is 0.319 e.